The van der Waals surface area contributed by atoms with Gasteiger partial charge in [0, 0.05) is 35.4 Å². The number of aromatic nitrogens is 1. The Morgan fingerprint density at radius 3 is 2.80 bits per heavy atom. The second kappa shape index (κ2) is 7.31. The highest BCUT2D eigenvalue weighted by Crippen LogP contribution is 2.30. The minimum absolute atomic E-state index is 0.140. The Labute approximate surface area is 128 Å². The molecule has 0 saturated carbocycles. The van der Waals surface area contributed by atoms with E-state index in [0.29, 0.717) is 29.9 Å². The van der Waals surface area contributed by atoms with Crippen LogP contribution in [0.1, 0.15) is 32.9 Å². The molecule has 1 saturated heterocycles. The molecule has 0 radical (unpaired) electrons. The van der Waals surface area contributed by atoms with Gasteiger partial charge in [-0.3, -0.25) is 4.79 Å². The first kappa shape index (κ1) is 15.6. The maximum Gasteiger partial charge on any atom is 0.306 e. The molecule has 4 nitrogen and oxygen atoms in total. The number of nitrogens with zero attached hydrogens (tertiary/aromatic N) is 2. The summed E-state index contributed by atoms with van der Waals surface area (Å²) < 4.78 is 4.94. The number of esters is 1. The monoisotopic (exact) mass is 314 g/mol. The molecule has 2 heterocycles. The number of ether oxygens (including phenoxy) is 1. The summed E-state index contributed by atoms with van der Waals surface area (Å²) >= 11 is 3.72. The van der Waals surface area contributed by atoms with Crippen LogP contribution in [0.15, 0.2) is 5.38 Å². The summed E-state index contributed by atoms with van der Waals surface area (Å²) in [6.45, 7) is 8.92. The summed E-state index contributed by atoms with van der Waals surface area (Å²) in [5.41, 5.74) is 0.997. The minimum atomic E-state index is -0.140. The smallest absolute Gasteiger partial charge is 0.306 e. The van der Waals surface area contributed by atoms with E-state index < -0.39 is 0 Å². The van der Waals surface area contributed by atoms with Crippen LogP contribution < -0.4 is 4.90 Å². The van der Waals surface area contributed by atoms with Crippen molar-refractivity contribution in [2.75, 3.05) is 24.6 Å². The number of hydrogen-bond donors (Lipinski definition) is 0. The molecule has 1 aliphatic heterocycles. The number of thioether (sulfide) groups is 1. The van der Waals surface area contributed by atoms with Crippen molar-refractivity contribution in [1.82, 2.24) is 4.98 Å². The molecule has 2 atom stereocenters. The lowest BCUT2D eigenvalue weighted by molar-refractivity contribution is -0.143. The highest BCUT2D eigenvalue weighted by Gasteiger charge is 2.24. The summed E-state index contributed by atoms with van der Waals surface area (Å²) in [6, 6.07) is 0. The Kier molecular flexibility index (Phi) is 5.72. The number of aryl methyl sites for hydroxylation is 1. The van der Waals surface area contributed by atoms with Crippen molar-refractivity contribution < 1.29 is 9.53 Å². The van der Waals surface area contributed by atoms with Crippen molar-refractivity contribution >= 4 is 34.2 Å². The number of anilines is 1. The Morgan fingerprint density at radius 2 is 2.15 bits per heavy atom. The number of carbonyl (C=O) groups excluding carboxylic acids is 1. The van der Waals surface area contributed by atoms with Crippen LogP contribution in [0.3, 0.4) is 0 Å². The molecular formula is C14H22N2O2S2. The Hall–Kier alpha value is -0.750. The third kappa shape index (κ3) is 4.38. The van der Waals surface area contributed by atoms with Crippen LogP contribution in [0, 0.1) is 0 Å². The molecule has 0 aliphatic carbocycles. The summed E-state index contributed by atoms with van der Waals surface area (Å²) in [6.07, 6.45) is 1.09. The first-order valence-electron chi connectivity index (χ1n) is 7.09. The predicted molar refractivity (Wildman–Crippen MR) is 85.8 cm³/mol. The topological polar surface area (TPSA) is 42.4 Å². The maximum atomic E-state index is 11.4. The van der Waals surface area contributed by atoms with E-state index >= 15 is 0 Å². The lowest BCUT2D eigenvalue weighted by Gasteiger charge is -2.34. The van der Waals surface area contributed by atoms with E-state index in [4.69, 9.17) is 4.74 Å². The van der Waals surface area contributed by atoms with E-state index in [0.717, 1.165) is 23.9 Å². The maximum absolute atomic E-state index is 11.4. The van der Waals surface area contributed by atoms with E-state index in [1.165, 1.54) is 0 Å². The van der Waals surface area contributed by atoms with Gasteiger partial charge in [0.1, 0.15) is 0 Å². The van der Waals surface area contributed by atoms with Crippen LogP contribution in [0.25, 0.3) is 0 Å². The van der Waals surface area contributed by atoms with E-state index in [2.05, 4.69) is 29.1 Å². The number of carbonyl (C=O) groups is 1. The molecule has 2 rings (SSSR count). The number of thiazole rings is 1. The van der Waals surface area contributed by atoms with Gasteiger partial charge in [-0.15, -0.1) is 11.3 Å². The molecule has 6 heteroatoms. The molecule has 0 bridgehead atoms. The Morgan fingerprint density at radius 1 is 1.45 bits per heavy atom. The molecule has 0 aromatic carbocycles. The van der Waals surface area contributed by atoms with Gasteiger partial charge in [0.2, 0.25) is 0 Å². The number of rotatable bonds is 5. The quantitative estimate of drug-likeness (QED) is 0.782. The van der Waals surface area contributed by atoms with Crippen LogP contribution in [0.2, 0.25) is 0 Å². The highest BCUT2D eigenvalue weighted by molar-refractivity contribution is 8.00. The molecule has 1 aromatic heterocycles. The first-order chi connectivity index (χ1) is 9.58. The second-order valence-corrected chi connectivity index (χ2v) is 7.81. The standard InChI is InChI=1S/C14H22N2O2S2/c1-4-18-13(17)6-5-12-9-19-14(15-12)16-7-10(2)20-11(3)8-16/h9-11H,4-8H2,1-3H3. The highest BCUT2D eigenvalue weighted by atomic mass is 32.2. The van der Waals surface area contributed by atoms with Crippen LogP contribution in [-0.4, -0.2) is 41.1 Å². The van der Waals surface area contributed by atoms with Crippen molar-refractivity contribution in [3.8, 4) is 0 Å². The average molecular weight is 314 g/mol. The largest absolute Gasteiger partial charge is 0.466 e. The van der Waals surface area contributed by atoms with Gasteiger partial charge in [0.25, 0.3) is 0 Å². The molecule has 0 spiro atoms. The number of hydrogen-bond acceptors (Lipinski definition) is 6. The van der Waals surface area contributed by atoms with Gasteiger partial charge in [-0.1, -0.05) is 13.8 Å². The lowest BCUT2D eigenvalue weighted by atomic mass is 10.2. The third-order valence-electron chi connectivity index (χ3n) is 3.12. The van der Waals surface area contributed by atoms with Crippen molar-refractivity contribution in [3.63, 3.8) is 0 Å². The van der Waals surface area contributed by atoms with Gasteiger partial charge < -0.3 is 9.64 Å². The predicted octanol–water partition coefficient (Wildman–Crippen LogP) is 2.97. The van der Waals surface area contributed by atoms with E-state index in [-0.39, 0.29) is 5.97 Å². The Bertz CT molecular complexity index is 440. The first-order valence-corrected chi connectivity index (χ1v) is 8.91. The lowest BCUT2D eigenvalue weighted by Crippen LogP contribution is -2.40. The fourth-order valence-corrected chi connectivity index (χ4v) is 4.56. The van der Waals surface area contributed by atoms with Crippen molar-refractivity contribution in [2.24, 2.45) is 0 Å². The van der Waals surface area contributed by atoms with Gasteiger partial charge in [-0.05, 0) is 6.92 Å². The zero-order valence-electron chi connectivity index (χ0n) is 12.3. The average Bonchev–Trinajstić information content (AvgIpc) is 2.84. The zero-order valence-corrected chi connectivity index (χ0v) is 13.9. The molecule has 1 fully saturated rings. The van der Waals surface area contributed by atoms with Crippen molar-refractivity contribution in [3.05, 3.63) is 11.1 Å². The van der Waals surface area contributed by atoms with Crippen LogP contribution in [0.5, 0.6) is 0 Å². The molecule has 0 N–H and O–H groups in total. The third-order valence-corrected chi connectivity index (χ3v) is 5.30. The molecular weight excluding hydrogens is 292 g/mol. The minimum Gasteiger partial charge on any atom is -0.466 e. The molecule has 1 aromatic rings. The van der Waals surface area contributed by atoms with E-state index in [1.807, 2.05) is 18.7 Å². The summed E-state index contributed by atoms with van der Waals surface area (Å²) in [5.74, 6) is -0.140. The molecule has 20 heavy (non-hydrogen) atoms. The second-order valence-electron chi connectivity index (χ2n) is 5.09. The molecule has 0 amide bonds. The van der Waals surface area contributed by atoms with Gasteiger partial charge in [0.15, 0.2) is 5.13 Å². The molecule has 112 valence electrons. The van der Waals surface area contributed by atoms with Crippen molar-refractivity contribution in [1.29, 1.82) is 0 Å². The normalized spacial score (nSPS) is 22.9. The van der Waals surface area contributed by atoms with Crippen LogP contribution in [-0.2, 0) is 16.0 Å². The molecule has 2 unspecified atom stereocenters. The van der Waals surface area contributed by atoms with Crippen molar-refractivity contribution in [2.45, 2.75) is 44.1 Å². The van der Waals surface area contributed by atoms with Gasteiger partial charge in [0.05, 0.1) is 18.7 Å². The van der Waals surface area contributed by atoms with E-state index in [1.54, 1.807) is 11.3 Å². The van der Waals surface area contributed by atoms with Gasteiger partial charge >= 0.3 is 5.97 Å². The zero-order chi connectivity index (χ0) is 14.5. The van der Waals surface area contributed by atoms with E-state index in [9.17, 15) is 4.79 Å². The summed E-state index contributed by atoms with van der Waals surface area (Å²) in [4.78, 5) is 18.4. The SMILES string of the molecule is CCOC(=O)CCc1csc(N2CC(C)SC(C)C2)n1. The Balaban J connectivity index is 1.90. The van der Waals surface area contributed by atoms with Crippen LogP contribution >= 0.6 is 23.1 Å². The van der Waals surface area contributed by atoms with Gasteiger partial charge in [-0.25, -0.2) is 4.98 Å². The fourth-order valence-electron chi connectivity index (χ4n) is 2.35. The molecule has 1 aliphatic rings. The van der Waals surface area contributed by atoms with Gasteiger partial charge in [-0.2, -0.15) is 11.8 Å². The van der Waals surface area contributed by atoms with Crippen LogP contribution in [0.4, 0.5) is 5.13 Å². The fraction of sp³-hybridized carbons (Fsp3) is 0.714. The summed E-state index contributed by atoms with van der Waals surface area (Å²) in [5, 5.41) is 4.44. The summed E-state index contributed by atoms with van der Waals surface area (Å²) in [7, 11) is 0.